The number of hydrogen-bond donors (Lipinski definition) is 0. The third kappa shape index (κ3) is 1.59. The molecule has 16 heavy (non-hydrogen) atoms. The summed E-state index contributed by atoms with van der Waals surface area (Å²) >= 11 is 5.87. The van der Waals surface area contributed by atoms with Gasteiger partial charge in [0.15, 0.2) is 0 Å². The van der Waals surface area contributed by atoms with Gasteiger partial charge in [-0.05, 0) is 12.1 Å². The fourth-order valence-electron chi connectivity index (χ4n) is 1.73. The van der Waals surface area contributed by atoms with Crippen LogP contribution in [0.2, 0.25) is 5.02 Å². The van der Waals surface area contributed by atoms with E-state index in [1.54, 1.807) is 12.4 Å². The molecule has 3 heterocycles. The van der Waals surface area contributed by atoms with Crippen molar-refractivity contribution in [3.8, 4) is 0 Å². The maximum atomic E-state index is 5.87. The molecular formula is C12H8ClN3. The second kappa shape index (κ2) is 3.68. The molecule has 0 spiro atoms. The van der Waals surface area contributed by atoms with E-state index in [0.29, 0.717) is 5.02 Å². The van der Waals surface area contributed by atoms with Gasteiger partial charge in [-0.15, -0.1) is 0 Å². The molecule has 1 aliphatic heterocycles. The molecule has 0 amide bonds. The summed E-state index contributed by atoms with van der Waals surface area (Å²) < 4.78 is 0. The van der Waals surface area contributed by atoms with Crippen molar-refractivity contribution in [1.29, 1.82) is 0 Å². The first-order chi connectivity index (χ1) is 7.83. The van der Waals surface area contributed by atoms with Gasteiger partial charge in [-0.3, -0.25) is 15.0 Å². The van der Waals surface area contributed by atoms with Gasteiger partial charge in [0.05, 0.1) is 22.1 Å². The fourth-order valence-corrected chi connectivity index (χ4v) is 1.89. The molecule has 0 bridgehead atoms. The molecule has 0 N–H and O–H groups in total. The molecule has 1 aliphatic rings. The molecule has 0 radical (unpaired) electrons. The molecule has 0 saturated carbocycles. The number of hydrogen-bond acceptors (Lipinski definition) is 3. The van der Waals surface area contributed by atoms with Crippen molar-refractivity contribution in [2.24, 2.45) is 4.99 Å². The smallest absolute Gasteiger partial charge is 0.0867 e. The second-order valence-corrected chi connectivity index (χ2v) is 4.03. The minimum absolute atomic E-state index is 0.620. The lowest BCUT2D eigenvalue weighted by molar-refractivity contribution is 1.17. The molecule has 0 aromatic carbocycles. The molecule has 3 rings (SSSR count). The summed E-state index contributed by atoms with van der Waals surface area (Å²) in [6.45, 7) is 0. The Morgan fingerprint density at radius 3 is 3.00 bits per heavy atom. The summed E-state index contributed by atoms with van der Waals surface area (Å²) in [5.41, 5.74) is 3.88. The first-order valence-corrected chi connectivity index (χ1v) is 5.33. The van der Waals surface area contributed by atoms with Gasteiger partial charge in [0.1, 0.15) is 0 Å². The van der Waals surface area contributed by atoms with E-state index in [1.807, 2.05) is 24.4 Å². The number of fused-ring (bicyclic) bond motifs is 1. The fraction of sp³-hybridized carbons (Fsp3) is 0.0833. The largest absolute Gasteiger partial charge is 0.264 e. The van der Waals surface area contributed by atoms with Crippen LogP contribution in [0, 0.1) is 0 Å². The van der Waals surface area contributed by atoms with Gasteiger partial charge < -0.3 is 0 Å². The van der Waals surface area contributed by atoms with Gasteiger partial charge in [-0.2, -0.15) is 0 Å². The lowest BCUT2D eigenvalue weighted by Gasteiger charge is -1.97. The lowest BCUT2D eigenvalue weighted by atomic mass is 10.1. The average Bonchev–Trinajstić information content (AvgIpc) is 2.73. The molecule has 0 aliphatic carbocycles. The number of nitrogens with zero attached hydrogens (tertiary/aromatic N) is 3. The molecule has 3 nitrogen and oxygen atoms in total. The predicted molar refractivity (Wildman–Crippen MR) is 63.4 cm³/mol. The summed E-state index contributed by atoms with van der Waals surface area (Å²) in [7, 11) is 0. The Kier molecular flexibility index (Phi) is 2.18. The predicted octanol–water partition coefficient (Wildman–Crippen LogP) is 2.81. The quantitative estimate of drug-likeness (QED) is 0.754. The zero-order valence-electron chi connectivity index (χ0n) is 8.39. The molecule has 0 fully saturated rings. The molecule has 2 aromatic rings. The molecule has 2 aromatic heterocycles. The highest BCUT2D eigenvalue weighted by molar-refractivity contribution is 6.30. The second-order valence-electron chi connectivity index (χ2n) is 3.60. The van der Waals surface area contributed by atoms with E-state index in [2.05, 4.69) is 15.0 Å². The third-order valence-electron chi connectivity index (χ3n) is 2.50. The first kappa shape index (κ1) is 9.48. The summed E-state index contributed by atoms with van der Waals surface area (Å²) in [6.07, 6.45) is 5.97. The monoisotopic (exact) mass is 229 g/mol. The third-order valence-corrected chi connectivity index (χ3v) is 2.71. The van der Waals surface area contributed by atoms with Crippen molar-refractivity contribution in [2.45, 2.75) is 6.42 Å². The summed E-state index contributed by atoms with van der Waals surface area (Å²) in [4.78, 5) is 12.9. The Balaban J connectivity index is 2.02. The highest BCUT2D eigenvalue weighted by Gasteiger charge is 2.17. The van der Waals surface area contributed by atoms with Crippen LogP contribution in [0.3, 0.4) is 0 Å². The lowest BCUT2D eigenvalue weighted by Crippen LogP contribution is -2.01. The van der Waals surface area contributed by atoms with Crippen LogP contribution in [0.4, 0.5) is 5.69 Å². The maximum absolute atomic E-state index is 5.87. The van der Waals surface area contributed by atoms with Crippen LogP contribution in [0.1, 0.15) is 11.3 Å². The Hall–Kier alpha value is -1.74. The molecule has 0 unspecified atom stereocenters. The normalized spacial score (nSPS) is 13.4. The summed E-state index contributed by atoms with van der Waals surface area (Å²) in [5, 5.41) is 0.620. The van der Waals surface area contributed by atoms with Gasteiger partial charge >= 0.3 is 0 Å². The van der Waals surface area contributed by atoms with Crippen molar-refractivity contribution in [2.75, 3.05) is 0 Å². The minimum atomic E-state index is 0.620. The number of rotatable bonds is 1. The van der Waals surface area contributed by atoms with Gasteiger partial charge in [0, 0.05) is 30.6 Å². The first-order valence-electron chi connectivity index (χ1n) is 4.95. The van der Waals surface area contributed by atoms with Crippen molar-refractivity contribution < 1.29 is 0 Å². The van der Waals surface area contributed by atoms with Gasteiger partial charge in [-0.25, -0.2) is 0 Å². The van der Waals surface area contributed by atoms with E-state index < -0.39 is 0 Å². The Morgan fingerprint density at radius 2 is 2.19 bits per heavy atom. The Labute approximate surface area is 97.9 Å². The van der Waals surface area contributed by atoms with Crippen LogP contribution < -0.4 is 0 Å². The van der Waals surface area contributed by atoms with E-state index in [4.69, 9.17) is 11.6 Å². The molecule has 4 heteroatoms. The standard InChI is InChI=1S/C12H8ClN3/c13-9-4-12-11(15-7-9)5-10(16-12)8-2-1-3-14-6-8/h1-4,6-7H,5H2. The van der Waals surface area contributed by atoms with Gasteiger partial charge in [0.25, 0.3) is 0 Å². The maximum Gasteiger partial charge on any atom is 0.0867 e. The van der Waals surface area contributed by atoms with Crippen molar-refractivity contribution in [3.05, 3.63) is 53.1 Å². The number of aliphatic imine (C=N–C) groups is 1. The van der Waals surface area contributed by atoms with E-state index in [1.165, 1.54) is 0 Å². The zero-order chi connectivity index (χ0) is 11.0. The Bertz CT molecular complexity index is 564. The molecular weight excluding hydrogens is 222 g/mol. The molecule has 0 atom stereocenters. The van der Waals surface area contributed by atoms with Crippen LogP contribution >= 0.6 is 11.6 Å². The molecule has 78 valence electrons. The highest BCUT2D eigenvalue weighted by Crippen LogP contribution is 2.29. The highest BCUT2D eigenvalue weighted by atomic mass is 35.5. The van der Waals surface area contributed by atoms with Crippen LogP contribution in [0.5, 0.6) is 0 Å². The topological polar surface area (TPSA) is 38.1 Å². The van der Waals surface area contributed by atoms with Gasteiger partial charge in [0.2, 0.25) is 0 Å². The number of pyridine rings is 2. The van der Waals surface area contributed by atoms with Crippen LogP contribution in [0.15, 0.2) is 41.8 Å². The van der Waals surface area contributed by atoms with Crippen LogP contribution in [0.25, 0.3) is 0 Å². The van der Waals surface area contributed by atoms with E-state index >= 15 is 0 Å². The van der Waals surface area contributed by atoms with Gasteiger partial charge in [-0.1, -0.05) is 17.7 Å². The van der Waals surface area contributed by atoms with E-state index in [-0.39, 0.29) is 0 Å². The van der Waals surface area contributed by atoms with Crippen LogP contribution in [-0.4, -0.2) is 15.7 Å². The van der Waals surface area contributed by atoms with Crippen molar-refractivity contribution in [1.82, 2.24) is 9.97 Å². The summed E-state index contributed by atoms with van der Waals surface area (Å²) in [5.74, 6) is 0. The van der Waals surface area contributed by atoms with E-state index in [9.17, 15) is 0 Å². The zero-order valence-corrected chi connectivity index (χ0v) is 9.15. The van der Waals surface area contributed by atoms with Crippen molar-refractivity contribution in [3.63, 3.8) is 0 Å². The molecule has 0 saturated heterocycles. The van der Waals surface area contributed by atoms with E-state index in [0.717, 1.165) is 29.1 Å². The minimum Gasteiger partial charge on any atom is -0.264 e. The number of aromatic nitrogens is 2. The SMILES string of the molecule is Clc1cnc2c(c1)N=C(c1cccnc1)C2. The van der Waals surface area contributed by atoms with Crippen LogP contribution in [-0.2, 0) is 6.42 Å². The summed E-state index contributed by atoms with van der Waals surface area (Å²) in [6, 6.07) is 5.74. The number of halogens is 1. The average molecular weight is 230 g/mol. The Morgan fingerprint density at radius 1 is 1.25 bits per heavy atom. The van der Waals surface area contributed by atoms with Crippen molar-refractivity contribution >= 4 is 23.0 Å².